The second kappa shape index (κ2) is 15.3. The van der Waals surface area contributed by atoms with Gasteiger partial charge in [0.15, 0.2) is 5.82 Å². The van der Waals surface area contributed by atoms with Gasteiger partial charge in [-0.3, -0.25) is 24.0 Å². The Balaban J connectivity index is 1.09. The van der Waals surface area contributed by atoms with Gasteiger partial charge in [-0.25, -0.2) is 18.4 Å². The highest BCUT2D eigenvalue weighted by atomic mass is 19.1. The first-order chi connectivity index (χ1) is 25.1. The molecular formula is C39H50F2N7O5+. The molecule has 1 aliphatic carbocycles. The zero-order chi connectivity index (χ0) is 38.2. The SMILES string of the molecule is Cc1ccc(Nc2cc(=O)n(CCCCN3CCN(c4c(F)cc5c(=O)c(C(=O)OCC[N+](C)(C)C)cn(C6CC6)c5c4F)CC3C)c(=O)[nH]2)cc1C. The first kappa shape index (κ1) is 37.9. The number of carbonyl (C=O) groups excluding carboxylic acids is 1. The van der Waals surface area contributed by atoms with E-state index < -0.39 is 28.7 Å². The highest BCUT2D eigenvalue weighted by Crippen LogP contribution is 2.40. The Labute approximate surface area is 307 Å². The molecule has 0 bridgehead atoms. The largest absolute Gasteiger partial charge is 0.456 e. The summed E-state index contributed by atoms with van der Waals surface area (Å²) >= 11 is 0. The van der Waals surface area contributed by atoms with Gasteiger partial charge in [0.2, 0.25) is 5.43 Å². The van der Waals surface area contributed by atoms with E-state index in [0.717, 1.165) is 35.7 Å². The second-order valence-corrected chi connectivity index (χ2v) is 15.5. The number of esters is 1. The summed E-state index contributed by atoms with van der Waals surface area (Å²) in [6.45, 7) is 8.87. The maximum Gasteiger partial charge on any atom is 0.343 e. The molecule has 6 rings (SSSR count). The van der Waals surface area contributed by atoms with Crippen LogP contribution in [0.1, 0.15) is 60.1 Å². The van der Waals surface area contributed by atoms with Crippen LogP contribution in [0.4, 0.5) is 26.0 Å². The number of aryl methyl sites for hydroxylation is 2. The van der Waals surface area contributed by atoms with Crippen molar-refractivity contribution in [2.45, 2.75) is 65.1 Å². The fraction of sp³-hybridized carbons (Fsp3) is 0.487. The third kappa shape index (κ3) is 8.54. The quantitative estimate of drug-likeness (QED) is 0.116. The van der Waals surface area contributed by atoms with Crippen molar-refractivity contribution in [3.63, 3.8) is 0 Å². The smallest absolute Gasteiger partial charge is 0.343 e. The number of piperazine rings is 1. The van der Waals surface area contributed by atoms with E-state index in [1.807, 2.05) is 60.1 Å². The first-order valence-corrected chi connectivity index (χ1v) is 18.3. The van der Waals surface area contributed by atoms with Crippen molar-refractivity contribution in [3.8, 4) is 0 Å². The average Bonchev–Trinajstić information content (AvgIpc) is 3.92. The van der Waals surface area contributed by atoms with Crippen molar-refractivity contribution in [1.82, 2.24) is 19.0 Å². The first-order valence-electron chi connectivity index (χ1n) is 18.3. The monoisotopic (exact) mass is 734 g/mol. The van der Waals surface area contributed by atoms with E-state index in [2.05, 4.69) is 15.2 Å². The maximum atomic E-state index is 16.4. The number of pyridine rings is 1. The lowest BCUT2D eigenvalue weighted by Crippen LogP contribution is -2.52. The minimum atomic E-state index is -0.850. The zero-order valence-corrected chi connectivity index (χ0v) is 31.4. The Morgan fingerprint density at radius 3 is 2.40 bits per heavy atom. The fourth-order valence-electron chi connectivity index (χ4n) is 6.89. The molecule has 2 aromatic heterocycles. The standard InChI is InChI=1S/C39H49F2N7O5/c1-24-9-10-27(19-25(24)2)42-32-21-33(49)46(39(52)43-32)14-8-7-13-44-15-16-45(22-26(44)3)36-31(40)20-29-35(34(36)41)47(28-11-12-28)23-30(37(29)50)38(51)53-18-17-48(4,5)6/h9-10,19-21,23,26,28H,7-8,11-18,22H2,1-6H3,(H-,42,43,49,52)/p+1. The van der Waals surface area contributed by atoms with Crippen molar-refractivity contribution in [3.05, 3.63) is 95.9 Å². The van der Waals surface area contributed by atoms with Crippen LogP contribution in [0, 0.1) is 25.5 Å². The van der Waals surface area contributed by atoms with Crippen LogP contribution in [-0.2, 0) is 11.3 Å². The van der Waals surface area contributed by atoms with Gasteiger partial charge in [-0.2, -0.15) is 0 Å². The molecule has 53 heavy (non-hydrogen) atoms. The number of rotatable bonds is 13. The molecule has 1 saturated heterocycles. The van der Waals surface area contributed by atoms with Gasteiger partial charge < -0.3 is 24.0 Å². The summed E-state index contributed by atoms with van der Waals surface area (Å²) in [7, 11) is 5.86. The number of carbonyl (C=O) groups is 1. The molecule has 2 fully saturated rings. The average molecular weight is 735 g/mol. The van der Waals surface area contributed by atoms with E-state index in [9.17, 15) is 19.2 Å². The lowest BCUT2D eigenvalue weighted by molar-refractivity contribution is -0.870. The van der Waals surface area contributed by atoms with E-state index in [0.29, 0.717) is 55.9 Å². The molecule has 2 aromatic carbocycles. The van der Waals surface area contributed by atoms with Gasteiger partial charge in [0, 0.05) is 56.2 Å². The number of nitrogens with one attached hydrogen (secondary N) is 2. The summed E-state index contributed by atoms with van der Waals surface area (Å²) in [6, 6.07) is 8.11. The number of H-pyrrole nitrogens is 1. The Bertz CT molecular complexity index is 2170. The molecule has 1 unspecified atom stereocenters. The van der Waals surface area contributed by atoms with Crippen LogP contribution in [-0.4, -0.2) is 96.0 Å². The lowest BCUT2D eigenvalue weighted by Gasteiger charge is -2.41. The molecular weight excluding hydrogens is 684 g/mol. The van der Waals surface area contributed by atoms with Crippen LogP contribution in [0.5, 0.6) is 0 Å². The molecule has 12 nitrogen and oxygen atoms in total. The van der Waals surface area contributed by atoms with Crippen molar-refractivity contribution in [2.75, 3.05) is 70.7 Å². The van der Waals surface area contributed by atoms with Gasteiger partial charge in [-0.05, 0) is 82.3 Å². The second-order valence-electron chi connectivity index (χ2n) is 15.5. The van der Waals surface area contributed by atoms with E-state index in [-0.39, 0.29) is 52.9 Å². The number of aromatic nitrogens is 3. The van der Waals surface area contributed by atoms with Gasteiger partial charge in [-0.15, -0.1) is 0 Å². The molecule has 0 amide bonds. The molecule has 1 aliphatic heterocycles. The van der Waals surface area contributed by atoms with E-state index >= 15 is 8.78 Å². The van der Waals surface area contributed by atoms with Crippen LogP contribution in [0.2, 0.25) is 0 Å². The molecule has 14 heteroatoms. The van der Waals surface area contributed by atoms with Crippen LogP contribution in [0.15, 0.2) is 50.9 Å². The Hall–Kier alpha value is -4.82. The number of fused-ring (bicyclic) bond motifs is 1. The molecule has 2 N–H and O–H groups in total. The van der Waals surface area contributed by atoms with Crippen LogP contribution >= 0.6 is 0 Å². The van der Waals surface area contributed by atoms with Crippen LogP contribution in [0.3, 0.4) is 0 Å². The van der Waals surface area contributed by atoms with Crippen molar-refractivity contribution in [1.29, 1.82) is 0 Å². The molecule has 2 aliphatic rings. The number of hydrogen-bond acceptors (Lipinski definition) is 8. The molecule has 3 heterocycles. The lowest BCUT2D eigenvalue weighted by atomic mass is 10.1. The number of likely N-dealkylation sites (N-methyl/N-ethyl adjacent to an activating group) is 1. The molecule has 1 atom stereocenters. The topological polar surface area (TPSA) is 122 Å². The molecule has 0 radical (unpaired) electrons. The van der Waals surface area contributed by atoms with Crippen molar-refractivity contribution >= 4 is 34.1 Å². The molecule has 1 saturated carbocycles. The normalized spacial score (nSPS) is 16.7. The summed E-state index contributed by atoms with van der Waals surface area (Å²) in [5.41, 5.74) is 1.00. The van der Waals surface area contributed by atoms with Gasteiger partial charge in [0.1, 0.15) is 36.0 Å². The third-order valence-electron chi connectivity index (χ3n) is 10.3. The van der Waals surface area contributed by atoms with Crippen LogP contribution in [0.25, 0.3) is 10.9 Å². The highest BCUT2D eigenvalue weighted by molar-refractivity contribution is 5.95. The third-order valence-corrected chi connectivity index (χ3v) is 10.3. The number of hydrogen-bond donors (Lipinski definition) is 2. The number of nitrogens with zero attached hydrogens (tertiary/aromatic N) is 5. The summed E-state index contributed by atoms with van der Waals surface area (Å²) in [4.78, 5) is 58.7. The number of anilines is 3. The number of aromatic amines is 1. The van der Waals surface area contributed by atoms with Crippen LogP contribution < -0.4 is 26.9 Å². The summed E-state index contributed by atoms with van der Waals surface area (Å²) in [6.07, 6.45) is 4.20. The van der Waals surface area contributed by atoms with E-state index in [4.69, 9.17) is 4.74 Å². The van der Waals surface area contributed by atoms with Gasteiger partial charge in [0.05, 0.1) is 32.0 Å². The predicted molar refractivity (Wildman–Crippen MR) is 203 cm³/mol. The summed E-state index contributed by atoms with van der Waals surface area (Å²) in [5, 5.41) is 2.92. The fourth-order valence-corrected chi connectivity index (χ4v) is 6.89. The Morgan fingerprint density at radius 2 is 1.74 bits per heavy atom. The van der Waals surface area contributed by atoms with E-state index in [1.54, 1.807) is 9.47 Å². The van der Waals surface area contributed by atoms with Crippen molar-refractivity contribution in [2.24, 2.45) is 0 Å². The molecule has 284 valence electrons. The molecule has 4 aromatic rings. The Morgan fingerprint density at radius 1 is 1.00 bits per heavy atom. The summed E-state index contributed by atoms with van der Waals surface area (Å²) in [5.74, 6) is -2.12. The summed E-state index contributed by atoms with van der Waals surface area (Å²) < 4.78 is 41.0. The minimum absolute atomic E-state index is 0.00572. The zero-order valence-electron chi connectivity index (χ0n) is 31.4. The van der Waals surface area contributed by atoms with E-state index in [1.165, 1.54) is 16.8 Å². The number of benzene rings is 2. The van der Waals surface area contributed by atoms with Crippen molar-refractivity contribution < 1.29 is 22.8 Å². The Kier molecular flexibility index (Phi) is 10.9. The molecule has 0 spiro atoms. The predicted octanol–water partition coefficient (Wildman–Crippen LogP) is 4.68. The minimum Gasteiger partial charge on any atom is -0.456 e. The number of halogens is 2. The van der Waals surface area contributed by atoms with Gasteiger partial charge in [0.25, 0.3) is 5.56 Å². The maximum absolute atomic E-state index is 16.4. The number of quaternary nitrogens is 1. The number of ether oxygens (including phenoxy) is 1. The van der Waals surface area contributed by atoms with Gasteiger partial charge >= 0.3 is 11.7 Å². The van der Waals surface area contributed by atoms with Gasteiger partial charge in [-0.1, -0.05) is 6.07 Å². The number of unbranched alkanes of at least 4 members (excludes halogenated alkanes) is 1. The highest BCUT2D eigenvalue weighted by Gasteiger charge is 2.33.